The highest BCUT2D eigenvalue weighted by Gasteiger charge is 2.20. The van der Waals surface area contributed by atoms with E-state index in [1.165, 1.54) is 0 Å². The molecule has 0 saturated carbocycles. The van der Waals surface area contributed by atoms with Crippen molar-refractivity contribution in [3.8, 4) is 11.5 Å². The SMILES string of the molecule is COc1cc(C=O)c(O)c2c1CCCC2. The lowest BCUT2D eigenvalue weighted by Gasteiger charge is -2.20. The molecular weight excluding hydrogens is 192 g/mol. The summed E-state index contributed by atoms with van der Waals surface area (Å²) in [5, 5.41) is 9.87. The van der Waals surface area contributed by atoms with Gasteiger partial charge in [0.05, 0.1) is 12.7 Å². The third-order valence-electron chi connectivity index (χ3n) is 2.96. The van der Waals surface area contributed by atoms with Crippen LogP contribution in [0.15, 0.2) is 6.07 Å². The van der Waals surface area contributed by atoms with Gasteiger partial charge in [-0.25, -0.2) is 0 Å². The maximum absolute atomic E-state index is 10.8. The van der Waals surface area contributed by atoms with Crippen LogP contribution in [0.4, 0.5) is 0 Å². The Morgan fingerprint density at radius 2 is 2.00 bits per heavy atom. The summed E-state index contributed by atoms with van der Waals surface area (Å²) in [6, 6.07) is 1.62. The summed E-state index contributed by atoms with van der Waals surface area (Å²) >= 11 is 0. The molecule has 80 valence electrons. The van der Waals surface area contributed by atoms with Crippen molar-refractivity contribution in [2.45, 2.75) is 25.7 Å². The van der Waals surface area contributed by atoms with Crippen molar-refractivity contribution in [1.29, 1.82) is 0 Å². The fraction of sp³-hybridized carbons (Fsp3) is 0.417. The number of hydrogen-bond acceptors (Lipinski definition) is 3. The number of carbonyl (C=O) groups excluding carboxylic acids is 1. The predicted molar refractivity (Wildman–Crippen MR) is 56.7 cm³/mol. The second kappa shape index (κ2) is 3.93. The van der Waals surface area contributed by atoms with Crippen LogP contribution in [0.2, 0.25) is 0 Å². The van der Waals surface area contributed by atoms with Crippen LogP contribution in [-0.2, 0) is 12.8 Å². The lowest BCUT2D eigenvalue weighted by Crippen LogP contribution is -2.06. The number of phenolic OH excluding ortho intramolecular Hbond substituents is 1. The highest BCUT2D eigenvalue weighted by atomic mass is 16.5. The minimum Gasteiger partial charge on any atom is -0.507 e. The largest absolute Gasteiger partial charge is 0.507 e. The van der Waals surface area contributed by atoms with Gasteiger partial charge < -0.3 is 9.84 Å². The van der Waals surface area contributed by atoms with Crippen molar-refractivity contribution >= 4 is 6.29 Å². The van der Waals surface area contributed by atoms with Gasteiger partial charge in [0.15, 0.2) is 6.29 Å². The molecule has 0 unspecified atom stereocenters. The molecule has 0 fully saturated rings. The number of benzene rings is 1. The predicted octanol–water partition coefficient (Wildman–Crippen LogP) is 2.09. The molecule has 0 heterocycles. The van der Waals surface area contributed by atoms with E-state index in [0.717, 1.165) is 42.6 Å². The first kappa shape index (κ1) is 10.0. The minimum atomic E-state index is 0.139. The van der Waals surface area contributed by atoms with Gasteiger partial charge in [0, 0.05) is 11.1 Å². The minimum absolute atomic E-state index is 0.139. The van der Waals surface area contributed by atoms with E-state index < -0.39 is 0 Å². The van der Waals surface area contributed by atoms with E-state index in [1.54, 1.807) is 13.2 Å². The van der Waals surface area contributed by atoms with E-state index in [4.69, 9.17) is 4.74 Å². The summed E-state index contributed by atoms with van der Waals surface area (Å²) in [6.07, 6.45) is 4.60. The third kappa shape index (κ3) is 1.58. The summed E-state index contributed by atoms with van der Waals surface area (Å²) in [5.74, 6) is 0.866. The summed E-state index contributed by atoms with van der Waals surface area (Å²) in [7, 11) is 1.59. The number of methoxy groups -OCH3 is 1. The Bertz CT molecular complexity index is 396. The number of rotatable bonds is 2. The maximum Gasteiger partial charge on any atom is 0.153 e. The van der Waals surface area contributed by atoms with E-state index in [0.29, 0.717) is 11.8 Å². The first-order valence-corrected chi connectivity index (χ1v) is 5.14. The average molecular weight is 206 g/mol. The number of hydrogen-bond donors (Lipinski definition) is 1. The molecule has 1 aromatic carbocycles. The summed E-state index contributed by atoms with van der Waals surface area (Å²) < 4.78 is 5.24. The Morgan fingerprint density at radius 3 is 2.60 bits per heavy atom. The van der Waals surface area contributed by atoms with E-state index >= 15 is 0 Å². The van der Waals surface area contributed by atoms with Gasteiger partial charge in [-0.05, 0) is 31.7 Å². The summed E-state index contributed by atoms with van der Waals surface area (Å²) in [4.78, 5) is 10.8. The highest BCUT2D eigenvalue weighted by Crippen LogP contribution is 2.37. The van der Waals surface area contributed by atoms with Crippen molar-refractivity contribution in [1.82, 2.24) is 0 Å². The van der Waals surface area contributed by atoms with E-state index in [1.807, 2.05) is 0 Å². The molecule has 0 radical (unpaired) electrons. The van der Waals surface area contributed by atoms with Crippen molar-refractivity contribution < 1.29 is 14.6 Å². The fourth-order valence-corrected chi connectivity index (χ4v) is 2.18. The van der Waals surface area contributed by atoms with Gasteiger partial charge >= 0.3 is 0 Å². The topological polar surface area (TPSA) is 46.5 Å². The number of aromatic hydroxyl groups is 1. The number of fused-ring (bicyclic) bond motifs is 1. The van der Waals surface area contributed by atoms with Crippen LogP contribution in [0.25, 0.3) is 0 Å². The van der Waals surface area contributed by atoms with Crippen LogP contribution >= 0.6 is 0 Å². The molecule has 0 aromatic heterocycles. The van der Waals surface area contributed by atoms with Crippen LogP contribution < -0.4 is 4.74 Å². The summed E-state index contributed by atoms with van der Waals surface area (Å²) in [5.41, 5.74) is 2.28. The highest BCUT2D eigenvalue weighted by molar-refractivity contribution is 5.82. The first-order chi connectivity index (χ1) is 7.27. The quantitative estimate of drug-likeness (QED) is 0.754. The van der Waals surface area contributed by atoms with Crippen molar-refractivity contribution in [2.24, 2.45) is 0 Å². The van der Waals surface area contributed by atoms with Gasteiger partial charge in [-0.3, -0.25) is 4.79 Å². The monoisotopic (exact) mass is 206 g/mol. The van der Waals surface area contributed by atoms with Crippen LogP contribution in [0.3, 0.4) is 0 Å². The molecule has 1 aliphatic rings. The van der Waals surface area contributed by atoms with Crippen molar-refractivity contribution in [3.63, 3.8) is 0 Å². The van der Waals surface area contributed by atoms with Gasteiger partial charge in [0.2, 0.25) is 0 Å². The van der Waals surface area contributed by atoms with Gasteiger partial charge in [-0.2, -0.15) is 0 Å². The first-order valence-electron chi connectivity index (χ1n) is 5.14. The molecule has 0 saturated heterocycles. The molecule has 2 rings (SSSR count). The lowest BCUT2D eigenvalue weighted by molar-refractivity contribution is 0.112. The van der Waals surface area contributed by atoms with Gasteiger partial charge in [-0.1, -0.05) is 0 Å². The Balaban J connectivity index is 2.63. The molecule has 15 heavy (non-hydrogen) atoms. The molecule has 0 aliphatic heterocycles. The number of phenols is 1. The molecule has 3 nitrogen and oxygen atoms in total. The zero-order valence-corrected chi connectivity index (χ0v) is 8.75. The number of aldehydes is 1. The smallest absolute Gasteiger partial charge is 0.153 e. The third-order valence-corrected chi connectivity index (χ3v) is 2.96. The lowest BCUT2D eigenvalue weighted by atomic mass is 9.88. The Hall–Kier alpha value is -1.51. The Labute approximate surface area is 88.7 Å². The van der Waals surface area contributed by atoms with Gasteiger partial charge in [0.1, 0.15) is 11.5 Å². The fourth-order valence-electron chi connectivity index (χ4n) is 2.18. The molecule has 0 atom stereocenters. The Kier molecular flexibility index (Phi) is 2.62. The molecule has 1 aliphatic carbocycles. The second-order valence-electron chi connectivity index (χ2n) is 3.80. The standard InChI is InChI=1S/C12H14O3/c1-15-11-6-8(7-13)12(14)10-5-3-2-4-9(10)11/h6-7,14H,2-5H2,1H3. The van der Waals surface area contributed by atoms with Crippen LogP contribution in [0.1, 0.15) is 34.3 Å². The zero-order valence-electron chi connectivity index (χ0n) is 8.75. The van der Waals surface area contributed by atoms with E-state index in [9.17, 15) is 9.90 Å². The number of ether oxygens (including phenoxy) is 1. The van der Waals surface area contributed by atoms with Crippen molar-refractivity contribution in [2.75, 3.05) is 7.11 Å². The maximum atomic E-state index is 10.8. The van der Waals surface area contributed by atoms with E-state index in [2.05, 4.69) is 0 Å². The normalized spacial score (nSPS) is 14.5. The molecule has 1 N–H and O–H groups in total. The molecule has 0 spiro atoms. The molecular formula is C12H14O3. The van der Waals surface area contributed by atoms with Crippen LogP contribution in [0, 0.1) is 0 Å². The second-order valence-corrected chi connectivity index (χ2v) is 3.80. The molecule has 0 amide bonds. The van der Waals surface area contributed by atoms with Crippen LogP contribution in [0.5, 0.6) is 11.5 Å². The zero-order chi connectivity index (χ0) is 10.8. The van der Waals surface area contributed by atoms with Gasteiger partial charge in [-0.15, -0.1) is 0 Å². The van der Waals surface area contributed by atoms with E-state index in [-0.39, 0.29) is 5.75 Å². The van der Waals surface area contributed by atoms with Crippen LogP contribution in [-0.4, -0.2) is 18.5 Å². The number of carbonyl (C=O) groups is 1. The summed E-state index contributed by atoms with van der Waals surface area (Å²) in [6.45, 7) is 0. The van der Waals surface area contributed by atoms with Crippen molar-refractivity contribution in [3.05, 3.63) is 22.8 Å². The molecule has 3 heteroatoms. The Morgan fingerprint density at radius 1 is 1.33 bits per heavy atom. The molecule has 0 bridgehead atoms. The average Bonchev–Trinajstić information content (AvgIpc) is 2.30. The molecule has 1 aromatic rings. The van der Waals surface area contributed by atoms with Gasteiger partial charge in [0.25, 0.3) is 0 Å².